The average molecular weight is 381 g/mol. The van der Waals surface area contributed by atoms with Crippen molar-refractivity contribution in [3.8, 4) is 0 Å². The van der Waals surface area contributed by atoms with Gasteiger partial charge < -0.3 is 5.32 Å². The summed E-state index contributed by atoms with van der Waals surface area (Å²) < 4.78 is 51.8. The smallest absolute Gasteiger partial charge is 0.325 e. The van der Waals surface area contributed by atoms with E-state index in [1.54, 1.807) is 18.2 Å². The van der Waals surface area contributed by atoms with Gasteiger partial charge in [0.05, 0.1) is 11.3 Å². The van der Waals surface area contributed by atoms with Gasteiger partial charge in [-0.05, 0) is 30.3 Å². The second-order valence-electron chi connectivity index (χ2n) is 5.21. The van der Waals surface area contributed by atoms with E-state index in [2.05, 4.69) is 15.3 Å². The minimum absolute atomic E-state index is 0.0668. The van der Waals surface area contributed by atoms with Crippen LogP contribution < -0.4 is 5.32 Å². The molecule has 26 heavy (non-hydrogen) atoms. The van der Waals surface area contributed by atoms with Crippen LogP contribution >= 0.6 is 11.8 Å². The van der Waals surface area contributed by atoms with Gasteiger partial charge in [-0.2, -0.15) is 13.2 Å². The molecule has 0 spiro atoms. The number of anilines is 1. The van der Waals surface area contributed by atoms with Gasteiger partial charge in [-0.15, -0.1) is 0 Å². The summed E-state index contributed by atoms with van der Waals surface area (Å²) in [5, 5.41) is 3.04. The molecule has 4 nitrogen and oxygen atoms in total. The highest BCUT2D eigenvalue weighted by Crippen LogP contribution is 2.32. The summed E-state index contributed by atoms with van der Waals surface area (Å²) in [6, 6.07) is 11.4. The van der Waals surface area contributed by atoms with E-state index >= 15 is 0 Å². The molecule has 9 heteroatoms. The second-order valence-corrected chi connectivity index (χ2v) is 6.18. The number of carbonyl (C=O) groups is 1. The summed E-state index contributed by atoms with van der Waals surface area (Å²) in [4.78, 5) is 19.1. The van der Waals surface area contributed by atoms with Crippen LogP contribution in [0.2, 0.25) is 0 Å². The van der Waals surface area contributed by atoms with Crippen LogP contribution in [0, 0.1) is 5.82 Å². The first-order valence-corrected chi connectivity index (χ1v) is 8.34. The van der Waals surface area contributed by atoms with Crippen LogP contribution in [0.4, 0.5) is 23.2 Å². The van der Waals surface area contributed by atoms with Gasteiger partial charge in [0.15, 0.2) is 0 Å². The van der Waals surface area contributed by atoms with Gasteiger partial charge >= 0.3 is 6.18 Å². The predicted octanol–water partition coefficient (Wildman–Crippen LogP) is 4.52. The van der Waals surface area contributed by atoms with Gasteiger partial charge in [0.2, 0.25) is 11.7 Å². The Bertz CT molecular complexity index is 945. The minimum Gasteiger partial charge on any atom is -0.325 e. The number of rotatable bonds is 4. The molecule has 0 fully saturated rings. The van der Waals surface area contributed by atoms with Crippen molar-refractivity contribution in [2.45, 2.75) is 11.2 Å². The predicted molar refractivity (Wildman–Crippen MR) is 90.3 cm³/mol. The molecular weight excluding hydrogens is 370 g/mol. The number of nitrogens with zero attached hydrogens (tertiary/aromatic N) is 2. The number of thioether (sulfide) groups is 1. The quantitative estimate of drug-likeness (QED) is 0.410. The molecular formula is C17H11F4N3OS. The lowest BCUT2D eigenvalue weighted by atomic mass is 10.2. The molecule has 1 amide bonds. The molecule has 0 bridgehead atoms. The third-order valence-electron chi connectivity index (χ3n) is 3.29. The fraction of sp³-hybridized carbons (Fsp3) is 0.118. The lowest BCUT2D eigenvalue weighted by molar-refractivity contribution is -0.145. The molecule has 0 unspecified atom stereocenters. The number of fused-ring (bicyclic) bond motifs is 1. The Hall–Kier alpha value is -2.68. The number of carbonyl (C=O) groups excluding carboxylic acids is 1. The Kier molecular flexibility index (Phi) is 5.08. The van der Waals surface area contributed by atoms with E-state index in [0.29, 0.717) is 11.1 Å². The standard InChI is InChI=1S/C17H11F4N3OS/c18-10-5-7-11(8-6-10)22-14(25)9-26-15-12-3-1-2-4-13(12)23-16(24-15)17(19,20)21/h1-8H,9H2,(H,22,25). The Morgan fingerprint density at radius 2 is 1.73 bits per heavy atom. The zero-order valence-corrected chi connectivity index (χ0v) is 13.9. The van der Waals surface area contributed by atoms with Gasteiger partial charge in [-0.1, -0.05) is 30.0 Å². The Labute approximate surface area is 149 Å². The number of aromatic nitrogens is 2. The van der Waals surface area contributed by atoms with Crippen LogP contribution in [0.3, 0.4) is 0 Å². The highest BCUT2D eigenvalue weighted by Gasteiger charge is 2.35. The molecule has 0 aliphatic rings. The molecule has 0 atom stereocenters. The summed E-state index contributed by atoms with van der Waals surface area (Å²) >= 11 is 0.873. The number of amides is 1. The SMILES string of the molecule is O=C(CSc1nc(C(F)(F)F)nc2ccccc12)Nc1ccc(F)cc1. The van der Waals surface area contributed by atoms with Crippen LogP contribution in [0.1, 0.15) is 5.82 Å². The number of benzene rings is 2. The van der Waals surface area contributed by atoms with Crippen LogP contribution in [0.25, 0.3) is 10.9 Å². The van der Waals surface area contributed by atoms with E-state index in [1.807, 2.05) is 0 Å². The van der Waals surface area contributed by atoms with E-state index in [0.717, 1.165) is 11.8 Å². The lowest BCUT2D eigenvalue weighted by Crippen LogP contribution is -2.15. The van der Waals surface area contributed by atoms with Crippen molar-refractivity contribution in [1.82, 2.24) is 9.97 Å². The molecule has 1 aromatic heterocycles. The Morgan fingerprint density at radius 3 is 2.42 bits per heavy atom. The normalized spacial score (nSPS) is 11.5. The number of hydrogen-bond acceptors (Lipinski definition) is 4. The maximum Gasteiger partial charge on any atom is 0.451 e. The van der Waals surface area contributed by atoms with Crippen molar-refractivity contribution < 1.29 is 22.4 Å². The van der Waals surface area contributed by atoms with Crippen molar-refractivity contribution in [3.63, 3.8) is 0 Å². The molecule has 2 aromatic carbocycles. The molecule has 1 N–H and O–H groups in total. The van der Waals surface area contributed by atoms with Crippen LogP contribution in [-0.2, 0) is 11.0 Å². The molecule has 1 heterocycles. The fourth-order valence-electron chi connectivity index (χ4n) is 2.15. The van der Waals surface area contributed by atoms with Crippen LogP contribution in [0.5, 0.6) is 0 Å². The van der Waals surface area contributed by atoms with Crippen molar-refractivity contribution in [1.29, 1.82) is 0 Å². The first-order chi connectivity index (χ1) is 12.3. The molecule has 0 saturated carbocycles. The first kappa shape index (κ1) is 18.1. The Morgan fingerprint density at radius 1 is 1.04 bits per heavy atom. The number of nitrogens with one attached hydrogen (secondary N) is 1. The molecule has 0 saturated heterocycles. The van der Waals surface area contributed by atoms with E-state index in [1.165, 1.54) is 30.3 Å². The van der Waals surface area contributed by atoms with E-state index < -0.39 is 23.7 Å². The molecule has 0 aliphatic heterocycles. The minimum atomic E-state index is -4.68. The monoisotopic (exact) mass is 381 g/mol. The van der Waals surface area contributed by atoms with Gasteiger partial charge in [0.25, 0.3) is 0 Å². The number of halogens is 4. The first-order valence-electron chi connectivity index (χ1n) is 7.35. The Balaban J connectivity index is 1.79. The van der Waals surface area contributed by atoms with Crippen molar-refractivity contribution in [2.24, 2.45) is 0 Å². The van der Waals surface area contributed by atoms with Crippen molar-refractivity contribution in [2.75, 3.05) is 11.1 Å². The van der Waals surface area contributed by atoms with E-state index in [4.69, 9.17) is 0 Å². The van der Waals surface area contributed by atoms with Gasteiger partial charge in [0, 0.05) is 11.1 Å². The molecule has 0 aliphatic carbocycles. The summed E-state index contributed by atoms with van der Waals surface area (Å²) in [7, 11) is 0. The second kappa shape index (κ2) is 7.28. The average Bonchev–Trinajstić information content (AvgIpc) is 2.60. The fourth-order valence-corrected chi connectivity index (χ4v) is 2.97. The van der Waals surface area contributed by atoms with Crippen molar-refractivity contribution in [3.05, 3.63) is 60.2 Å². The highest BCUT2D eigenvalue weighted by molar-refractivity contribution is 8.00. The largest absolute Gasteiger partial charge is 0.451 e. The molecule has 3 rings (SSSR count). The molecule has 134 valence electrons. The number of alkyl halides is 3. The maximum atomic E-state index is 13.0. The summed E-state index contributed by atoms with van der Waals surface area (Å²) in [5.41, 5.74) is 0.539. The zero-order valence-electron chi connectivity index (χ0n) is 13.0. The third kappa shape index (κ3) is 4.29. The summed E-state index contributed by atoms with van der Waals surface area (Å²) in [6.45, 7) is 0. The van der Waals surface area contributed by atoms with Crippen LogP contribution in [-0.4, -0.2) is 21.6 Å². The highest BCUT2D eigenvalue weighted by atomic mass is 32.2. The van der Waals surface area contributed by atoms with E-state index in [-0.39, 0.29) is 16.3 Å². The van der Waals surface area contributed by atoms with Gasteiger partial charge in [-0.3, -0.25) is 4.79 Å². The zero-order chi connectivity index (χ0) is 18.7. The molecule has 3 aromatic rings. The van der Waals surface area contributed by atoms with Gasteiger partial charge in [-0.25, -0.2) is 14.4 Å². The topological polar surface area (TPSA) is 54.9 Å². The molecule has 0 radical (unpaired) electrons. The lowest BCUT2D eigenvalue weighted by Gasteiger charge is -2.10. The van der Waals surface area contributed by atoms with Crippen molar-refractivity contribution >= 4 is 34.3 Å². The maximum absolute atomic E-state index is 13.0. The third-order valence-corrected chi connectivity index (χ3v) is 4.28. The number of para-hydroxylation sites is 1. The van der Waals surface area contributed by atoms with E-state index in [9.17, 15) is 22.4 Å². The summed E-state index contributed by atoms with van der Waals surface area (Å²) in [6.07, 6.45) is -4.68. The number of hydrogen-bond donors (Lipinski definition) is 1. The summed E-state index contributed by atoms with van der Waals surface area (Å²) in [5.74, 6) is -2.30. The van der Waals surface area contributed by atoms with Crippen LogP contribution in [0.15, 0.2) is 53.6 Å². The van der Waals surface area contributed by atoms with Gasteiger partial charge in [0.1, 0.15) is 10.8 Å².